The van der Waals surface area contributed by atoms with Gasteiger partial charge >= 0.3 is 0 Å². The van der Waals surface area contributed by atoms with Crippen LogP contribution in [0.5, 0.6) is 0 Å². The first-order valence-corrected chi connectivity index (χ1v) is 5.99. The number of halogens is 1. The lowest BCUT2D eigenvalue weighted by Crippen LogP contribution is -2.37. The highest BCUT2D eigenvalue weighted by molar-refractivity contribution is 6.30. The Morgan fingerprint density at radius 3 is 2.29 bits per heavy atom. The van der Waals surface area contributed by atoms with Gasteiger partial charge in [-0.25, -0.2) is 0 Å². The second kappa shape index (κ2) is 6.03. The molecule has 0 spiro atoms. The van der Waals surface area contributed by atoms with Crippen LogP contribution in [0.3, 0.4) is 0 Å². The number of aliphatic hydroxyl groups is 1. The first-order valence-electron chi connectivity index (χ1n) is 5.61. The molecule has 1 aromatic rings. The molecule has 94 valence electrons. The van der Waals surface area contributed by atoms with Gasteiger partial charge in [-0.3, -0.25) is 4.79 Å². The van der Waals surface area contributed by atoms with Crippen LogP contribution in [0.25, 0.3) is 0 Å². The van der Waals surface area contributed by atoms with Crippen molar-refractivity contribution in [2.45, 2.75) is 13.8 Å². The molecule has 1 aromatic carbocycles. The Morgan fingerprint density at radius 1 is 1.35 bits per heavy atom. The molecule has 0 heterocycles. The van der Waals surface area contributed by atoms with Gasteiger partial charge in [0.1, 0.15) is 0 Å². The molecule has 0 aliphatic rings. The molecule has 0 aliphatic heterocycles. The van der Waals surface area contributed by atoms with Gasteiger partial charge < -0.3 is 10.0 Å². The zero-order valence-corrected chi connectivity index (χ0v) is 11.1. The second-order valence-corrected chi connectivity index (χ2v) is 4.84. The van der Waals surface area contributed by atoms with Crippen molar-refractivity contribution in [2.24, 2.45) is 11.8 Å². The van der Waals surface area contributed by atoms with Crippen LogP contribution >= 0.6 is 11.6 Å². The van der Waals surface area contributed by atoms with Crippen molar-refractivity contribution in [3.8, 4) is 0 Å². The van der Waals surface area contributed by atoms with Gasteiger partial charge in [-0.05, 0) is 30.2 Å². The van der Waals surface area contributed by atoms with Crippen LogP contribution in [0.2, 0.25) is 5.02 Å². The standard InChI is InChI=1S/C13H18ClNO2/c1-9(2)12(8-16)13(17)15(3)11-6-4-10(14)5-7-11/h4-7,9,12,16H,8H2,1-3H3. The highest BCUT2D eigenvalue weighted by Crippen LogP contribution is 2.20. The zero-order valence-electron chi connectivity index (χ0n) is 10.4. The Morgan fingerprint density at radius 2 is 1.88 bits per heavy atom. The lowest BCUT2D eigenvalue weighted by molar-refractivity contribution is -0.124. The Labute approximate surface area is 107 Å². The summed E-state index contributed by atoms with van der Waals surface area (Å²) in [6.07, 6.45) is 0. The van der Waals surface area contributed by atoms with Gasteiger partial charge in [-0.1, -0.05) is 25.4 Å². The average molecular weight is 256 g/mol. The van der Waals surface area contributed by atoms with E-state index in [9.17, 15) is 9.90 Å². The SMILES string of the molecule is CC(C)C(CO)C(=O)N(C)c1ccc(Cl)cc1. The van der Waals surface area contributed by atoms with Gasteiger partial charge in [0, 0.05) is 17.8 Å². The second-order valence-electron chi connectivity index (χ2n) is 4.41. The molecule has 4 heteroatoms. The Kier molecular flexibility index (Phi) is 4.97. The number of hydrogen-bond acceptors (Lipinski definition) is 2. The van der Waals surface area contributed by atoms with E-state index in [1.54, 1.807) is 36.2 Å². The minimum Gasteiger partial charge on any atom is -0.396 e. The number of nitrogens with zero attached hydrogens (tertiary/aromatic N) is 1. The molecule has 1 unspecified atom stereocenters. The topological polar surface area (TPSA) is 40.5 Å². The molecule has 1 rings (SSSR count). The van der Waals surface area contributed by atoms with Crippen molar-refractivity contribution in [2.75, 3.05) is 18.6 Å². The molecule has 0 saturated carbocycles. The molecule has 3 nitrogen and oxygen atoms in total. The van der Waals surface area contributed by atoms with E-state index in [1.807, 2.05) is 13.8 Å². The lowest BCUT2D eigenvalue weighted by Gasteiger charge is -2.25. The summed E-state index contributed by atoms with van der Waals surface area (Å²) in [7, 11) is 1.70. The fraction of sp³-hybridized carbons (Fsp3) is 0.462. The van der Waals surface area contributed by atoms with Gasteiger partial charge in [-0.15, -0.1) is 0 Å². The van der Waals surface area contributed by atoms with E-state index in [-0.39, 0.29) is 24.3 Å². The highest BCUT2D eigenvalue weighted by atomic mass is 35.5. The summed E-state index contributed by atoms with van der Waals surface area (Å²) in [4.78, 5) is 13.7. The lowest BCUT2D eigenvalue weighted by atomic mass is 9.95. The Balaban J connectivity index is 2.85. The smallest absolute Gasteiger partial charge is 0.232 e. The third-order valence-electron chi connectivity index (χ3n) is 2.86. The average Bonchev–Trinajstić information content (AvgIpc) is 2.29. The minimum atomic E-state index is -0.365. The molecule has 0 aliphatic carbocycles. The summed E-state index contributed by atoms with van der Waals surface area (Å²) < 4.78 is 0. The molecule has 0 saturated heterocycles. The zero-order chi connectivity index (χ0) is 13.0. The normalized spacial score (nSPS) is 12.6. The van der Waals surface area contributed by atoms with Gasteiger partial charge in [0.05, 0.1) is 12.5 Å². The van der Waals surface area contributed by atoms with Crippen LogP contribution in [0.15, 0.2) is 24.3 Å². The number of carbonyl (C=O) groups is 1. The number of carbonyl (C=O) groups excluding carboxylic acids is 1. The maximum absolute atomic E-state index is 12.1. The van der Waals surface area contributed by atoms with Crippen LogP contribution in [-0.4, -0.2) is 24.7 Å². The van der Waals surface area contributed by atoms with E-state index in [0.29, 0.717) is 5.02 Å². The number of anilines is 1. The molecule has 0 aromatic heterocycles. The summed E-state index contributed by atoms with van der Waals surface area (Å²) in [5.74, 6) is -0.331. The molecule has 1 atom stereocenters. The summed E-state index contributed by atoms with van der Waals surface area (Å²) in [5, 5.41) is 9.87. The van der Waals surface area contributed by atoms with E-state index < -0.39 is 0 Å². The largest absolute Gasteiger partial charge is 0.396 e. The molecule has 0 bridgehead atoms. The summed E-state index contributed by atoms with van der Waals surface area (Å²) in [5.41, 5.74) is 0.776. The third kappa shape index (κ3) is 3.45. The Hall–Kier alpha value is -1.06. The molecule has 0 fully saturated rings. The van der Waals surface area contributed by atoms with E-state index >= 15 is 0 Å². The van der Waals surface area contributed by atoms with Crippen molar-refractivity contribution in [1.82, 2.24) is 0 Å². The van der Waals surface area contributed by atoms with Crippen molar-refractivity contribution in [3.05, 3.63) is 29.3 Å². The monoisotopic (exact) mass is 255 g/mol. The predicted octanol–water partition coefficient (Wildman–Crippen LogP) is 2.57. The van der Waals surface area contributed by atoms with E-state index in [2.05, 4.69) is 0 Å². The first-order chi connectivity index (χ1) is 7.97. The maximum Gasteiger partial charge on any atom is 0.232 e. The maximum atomic E-state index is 12.1. The number of amides is 1. The van der Waals surface area contributed by atoms with E-state index in [4.69, 9.17) is 11.6 Å². The number of hydrogen-bond donors (Lipinski definition) is 1. The summed E-state index contributed by atoms with van der Waals surface area (Å²) >= 11 is 5.79. The predicted molar refractivity (Wildman–Crippen MR) is 70.3 cm³/mol. The minimum absolute atomic E-state index is 0.0789. The van der Waals surface area contributed by atoms with Gasteiger partial charge in [0.15, 0.2) is 0 Å². The van der Waals surface area contributed by atoms with Crippen molar-refractivity contribution < 1.29 is 9.90 Å². The van der Waals surface area contributed by atoms with Crippen molar-refractivity contribution >= 4 is 23.2 Å². The highest BCUT2D eigenvalue weighted by Gasteiger charge is 2.25. The molecule has 0 radical (unpaired) electrons. The molecular formula is C13H18ClNO2. The van der Waals surface area contributed by atoms with Crippen LogP contribution in [0, 0.1) is 11.8 Å². The Bertz CT molecular complexity index is 376. The fourth-order valence-electron chi connectivity index (χ4n) is 1.61. The number of aliphatic hydroxyl groups excluding tert-OH is 1. The van der Waals surface area contributed by atoms with Gasteiger partial charge in [0.2, 0.25) is 5.91 Å². The summed E-state index contributed by atoms with van der Waals surface area (Å²) in [6.45, 7) is 3.72. The van der Waals surface area contributed by atoms with Crippen molar-refractivity contribution in [1.29, 1.82) is 0 Å². The number of rotatable bonds is 4. The molecule has 1 N–H and O–H groups in total. The van der Waals surface area contributed by atoms with E-state index in [0.717, 1.165) is 5.69 Å². The quantitative estimate of drug-likeness (QED) is 0.898. The molecule has 1 amide bonds. The number of benzene rings is 1. The van der Waals surface area contributed by atoms with Crippen LogP contribution in [-0.2, 0) is 4.79 Å². The third-order valence-corrected chi connectivity index (χ3v) is 3.12. The fourth-order valence-corrected chi connectivity index (χ4v) is 1.74. The van der Waals surface area contributed by atoms with Gasteiger partial charge in [0.25, 0.3) is 0 Å². The van der Waals surface area contributed by atoms with E-state index in [1.165, 1.54) is 0 Å². The van der Waals surface area contributed by atoms with Gasteiger partial charge in [-0.2, -0.15) is 0 Å². The van der Waals surface area contributed by atoms with Crippen molar-refractivity contribution in [3.63, 3.8) is 0 Å². The molecule has 17 heavy (non-hydrogen) atoms. The van der Waals surface area contributed by atoms with Crippen LogP contribution < -0.4 is 4.90 Å². The van der Waals surface area contributed by atoms with Crippen LogP contribution in [0.1, 0.15) is 13.8 Å². The summed E-state index contributed by atoms with van der Waals surface area (Å²) in [6, 6.07) is 7.05. The van der Waals surface area contributed by atoms with Crippen LogP contribution in [0.4, 0.5) is 5.69 Å². The molecular weight excluding hydrogens is 238 g/mol. The first kappa shape index (κ1) is 14.0.